The molecule has 0 aromatic rings. The third-order valence-electron chi connectivity index (χ3n) is 1.96. The molecule has 0 aromatic heterocycles. The summed E-state index contributed by atoms with van der Waals surface area (Å²) in [5.41, 5.74) is 0. The second kappa shape index (κ2) is 8.63. The Labute approximate surface area is 77.5 Å². The van der Waals surface area contributed by atoms with Crippen molar-refractivity contribution in [2.75, 3.05) is 13.6 Å². The first-order valence-corrected chi connectivity index (χ1v) is 5.18. The minimum absolute atomic E-state index is 1.14. The van der Waals surface area contributed by atoms with E-state index in [4.69, 9.17) is 0 Å². The van der Waals surface area contributed by atoms with Crippen LogP contribution in [0.15, 0.2) is 12.3 Å². The van der Waals surface area contributed by atoms with Crippen LogP contribution < -0.4 is 0 Å². The molecule has 1 heteroatoms. The van der Waals surface area contributed by atoms with Crippen LogP contribution in [-0.4, -0.2) is 18.5 Å². The average Bonchev–Trinajstić information content (AvgIpc) is 2.09. The molecule has 12 heavy (non-hydrogen) atoms. The minimum atomic E-state index is 1.14. The Balaban J connectivity index is 3.19. The summed E-state index contributed by atoms with van der Waals surface area (Å²) in [4.78, 5) is 2.28. The fourth-order valence-corrected chi connectivity index (χ4v) is 1.15. The first-order chi connectivity index (χ1) is 5.81. The van der Waals surface area contributed by atoms with Crippen LogP contribution >= 0.6 is 0 Å². The van der Waals surface area contributed by atoms with Crippen LogP contribution in [0, 0.1) is 0 Å². The lowest BCUT2D eigenvalue weighted by atomic mass is 10.2. The lowest BCUT2D eigenvalue weighted by Gasteiger charge is -2.12. The van der Waals surface area contributed by atoms with Crippen LogP contribution in [-0.2, 0) is 0 Å². The predicted octanol–water partition coefficient (Wildman–Crippen LogP) is 3.42. The lowest BCUT2D eigenvalue weighted by molar-refractivity contribution is 0.430. The van der Waals surface area contributed by atoms with Crippen LogP contribution in [0.1, 0.15) is 46.0 Å². The molecule has 0 bridgehead atoms. The number of nitrogens with zero attached hydrogens (tertiary/aromatic N) is 1. The lowest BCUT2D eigenvalue weighted by Crippen LogP contribution is -2.11. The van der Waals surface area contributed by atoms with Gasteiger partial charge in [-0.25, -0.2) is 0 Å². The Bertz CT molecular complexity index is 108. The van der Waals surface area contributed by atoms with E-state index in [9.17, 15) is 0 Å². The van der Waals surface area contributed by atoms with E-state index in [0.29, 0.717) is 0 Å². The molecule has 0 saturated carbocycles. The molecule has 0 saturated heterocycles. The Morgan fingerprint density at radius 3 is 2.42 bits per heavy atom. The summed E-state index contributed by atoms with van der Waals surface area (Å²) >= 11 is 0. The molecule has 1 nitrogen and oxygen atoms in total. The number of hydrogen-bond acceptors (Lipinski definition) is 1. The zero-order chi connectivity index (χ0) is 9.23. The van der Waals surface area contributed by atoms with E-state index in [0.717, 1.165) is 6.42 Å². The van der Waals surface area contributed by atoms with Crippen molar-refractivity contribution in [3.63, 3.8) is 0 Å². The van der Waals surface area contributed by atoms with Gasteiger partial charge in [0.15, 0.2) is 0 Å². The maximum Gasteiger partial charge on any atom is 0.0169 e. The zero-order valence-electron chi connectivity index (χ0n) is 8.84. The molecule has 0 spiro atoms. The van der Waals surface area contributed by atoms with Gasteiger partial charge in [-0.1, -0.05) is 39.2 Å². The quantitative estimate of drug-likeness (QED) is 0.528. The fraction of sp³-hybridized carbons (Fsp3) is 0.818. The van der Waals surface area contributed by atoms with Gasteiger partial charge in [-0.2, -0.15) is 0 Å². The molecule has 72 valence electrons. The Kier molecular flexibility index (Phi) is 8.30. The van der Waals surface area contributed by atoms with Gasteiger partial charge in [0.25, 0.3) is 0 Å². The van der Waals surface area contributed by atoms with Crippen molar-refractivity contribution in [1.82, 2.24) is 4.90 Å². The maximum atomic E-state index is 2.28. The van der Waals surface area contributed by atoms with Crippen LogP contribution in [0.25, 0.3) is 0 Å². The van der Waals surface area contributed by atoms with Crippen LogP contribution in [0.5, 0.6) is 0 Å². The van der Waals surface area contributed by atoms with Gasteiger partial charge in [-0.15, -0.1) is 0 Å². The van der Waals surface area contributed by atoms with Crippen molar-refractivity contribution in [2.45, 2.75) is 46.0 Å². The molecule has 0 aliphatic heterocycles. The standard InChI is InChI=1S/C11H23N/c1-4-6-8-9-11-12(3)10-7-5-2/h7,10H,4-6,8-9,11H2,1-3H3/b10-7+. The molecule has 0 aromatic carbocycles. The first-order valence-electron chi connectivity index (χ1n) is 5.18. The topological polar surface area (TPSA) is 3.24 Å². The third-order valence-corrected chi connectivity index (χ3v) is 1.96. The third kappa shape index (κ3) is 7.64. The van der Waals surface area contributed by atoms with E-state index < -0.39 is 0 Å². The maximum absolute atomic E-state index is 2.28. The van der Waals surface area contributed by atoms with Gasteiger partial charge >= 0.3 is 0 Å². The summed E-state index contributed by atoms with van der Waals surface area (Å²) in [6.45, 7) is 5.62. The highest BCUT2D eigenvalue weighted by molar-refractivity contribution is 4.78. The van der Waals surface area contributed by atoms with Gasteiger partial charge in [-0.05, 0) is 19.0 Å². The molecule has 0 aliphatic rings. The van der Waals surface area contributed by atoms with Crippen molar-refractivity contribution in [3.05, 3.63) is 12.3 Å². The molecule has 0 heterocycles. The van der Waals surface area contributed by atoms with Crippen LogP contribution in [0.2, 0.25) is 0 Å². The molecule has 0 radical (unpaired) electrons. The number of allylic oxidation sites excluding steroid dienone is 1. The van der Waals surface area contributed by atoms with E-state index in [1.165, 1.54) is 32.2 Å². The van der Waals surface area contributed by atoms with Gasteiger partial charge in [0.1, 0.15) is 0 Å². The van der Waals surface area contributed by atoms with Crippen molar-refractivity contribution < 1.29 is 0 Å². The number of hydrogen-bond donors (Lipinski definition) is 0. The summed E-state index contributed by atoms with van der Waals surface area (Å²) in [5, 5.41) is 0. The molecule has 0 amide bonds. The number of unbranched alkanes of at least 4 members (excludes halogenated alkanes) is 3. The normalized spacial score (nSPS) is 10.9. The summed E-state index contributed by atoms with van der Waals surface area (Å²) in [6.07, 6.45) is 10.9. The second-order valence-corrected chi connectivity index (χ2v) is 3.33. The van der Waals surface area contributed by atoms with E-state index in [1.54, 1.807) is 0 Å². The predicted molar refractivity (Wildman–Crippen MR) is 56.2 cm³/mol. The first kappa shape index (κ1) is 11.5. The largest absolute Gasteiger partial charge is 0.381 e. The summed E-state index contributed by atoms with van der Waals surface area (Å²) in [6, 6.07) is 0. The second-order valence-electron chi connectivity index (χ2n) is 3.33. The average molecular weight is 169 g/mol. The van der Waals surface area contributed by atoms with Crippen LogP contribution in [0.4, 0.5) is 0 Å². The van der Waals surface area contributed by atoms with Gasteiger partial charge < -0.3 is 4.90 Å². The molecule has 0 N–H and O–H groups in total. The van der Waals surface area contributed by atoms with Crippen molar-refractivity contribution in [1.29, 1.82) is 0 Å². The van der Waals surface area contributed by atoms with E-state index in [1.807, 2.05) is 0 Å². The SMILES string of the molecule is CC/C=C/N(C)CCCCCC. The Hall–Kier alpha value is -0.460. The van der Waals surface area contributed by atoms with Crippen molar-refractivity contribution in [3.8, 4) is 0 Å². The molecular formula is C11H23N. The van der Waals surface area contributed by atoms with Gasteiger partial charge in [0, 0.05) is 13.6 Å². The highest BCUT2D eigenvalue weighted by Gasteiger charge is 1.90. The van der Waals surface area contributed by atoms with Gasteiger partial charge in [-0.3, -0.25) is 0 Å². The molecule has 0 rings (SSSR count). The smallest absolute Gasteiger partial charge is 0.0169 e. The van der Waals surface area contributed by atoms with Crippen molar-refractivity contribution in [2.24, 2.45) is 0 Å². The summed E-state index contributed by atoms with van der Waals surface area (Å²) in [7, 11) is 2.15. The molecule has 0 aliphatic carbocycles. The van der Waals surface area contributed by atoms with Crippen LogP contribution in [0.3, 0.4) is 0 Å². The summed E-state index contributed by atoms with van der Waals surface area (Å²) < 4.78 is 0. The van der Waals surface area contributed by atoms with Gasteiger partial charge in [0.05, 0.1) is 0 Å². The molecular weight excluding hydrogens is 146 g/mol. The zero-order valence-corrected chi connectivity index (χ0v) is 8.84. The minimum Gasteiger partial charge on any atom is -0.381 e. The molecule has 0 fully saturated rings. The highest BCUT2D eigenvalue weighted by Crippen LogP contribution is 2.00. The molecule has 0 unspecified atom stereocenters. The van der Waals surface area contributed by atoms with E-state index in [2.05, 4.69) is 38.1 Å². The number of rotatable bonds is 7. The van der Waals surface area contributed by atoms with E-state index >= 15 is 0 Å². The summed E-state index contributed by atoms with van der Waals surface area (Å²) in [5.74, 6) is 0. The Morgan fingerprint density at radius 2 is 1.83 bits per heavy atom. The van der Waals surface area contributed by atoms with E-state index in [-0.39, 0.29) is 0 Å². The highest BCUT2D eigenvalue weighted by atomic mass is 15.1. The monoisotopic (exact) mass is 169 g/mol. The van der Waals surface area contributed by atoms with Crippen molar-refractivity contribution >= 4 is 0 Å². The van der Waals surface area contributed by atoms with Gasteiger partial charge in [0.2, 0.25) is 0 Å². The Morgan fingerprint density at radius 1 is 1.08 bits per heavy atom. The fourth-order valence-electron chi connectivity index (χ4n) is 1.15. The molecule has 0 atom stereocenters.